The zero-order chi connectivity index (χ0) is 19.2. The van der Waals surface area contributed by atoms with Crippen LogP contribution in [0.1, 0.15) is 38.7 Å². The second-order valence-electron chi connectivity index (χ2n) is 7.37. The van der Waals surface area contributed by atoms with Crippen LogP contribution in [-0.4, -0.2) is 78.0 Å². The number of carbonyl (C=O) groups excluding carboxylic acids is 1. The van der Waals surface area contributed by atoms with E-state index in [2.05, 4.69) is 38.9 Å². The molecule has 0 unspecified atom stereocenters. The summed E-state index contributed by atoms with van der Waals surface area (Å²) in [4.78, 5) is 28.1. The standard InChI is InChI=1S/C19H33N7O/c1-3-5-7-21-19-22-17(20)15-14-16(27)26(18(15)23-19)9-6-8-25-12-10-24(4-2)11-13-25/h3-14H2,1-2H3,(H3,20,21,22,23). The molecule has 2 aliphatic rings. The van der Waals surface area contributed by atoms with E-state index in [1.807, 2.05) is 0 Å². The van der Waals surface area contributed by atoms with E-state index >= 15 is 0 Å². The van der Waals surface area contributed by atoms with Gasteiger partial charge in [0.1, 0.15) is 11.6 Å². The summed E-state index contributed by atoms with van der Waals surface area (Å²) in [6.07, 6.45) is 3.41. The third-order valence-corrected chi connectivity index (χ3v) is 5.48. The summed E-state index contributed by atoms with van der Waals surface area (Å²) in [5.74, 6) is 1.72. The molecule has 3 rings (SSSR count). The summed E-state index contributed by atoms with van der Waals surface area (Å²) in [5, 5.41) is 3.22. The Hall–Kier alpha value is -1.93. The van der Waals surface area contributed by atoms with Gasteiger partial charge in [-0.25, -0.2) is 0 Å². The Bertz CT molecular complexity index is 643. The number of aromatic nitrogens is 2. The smallest absolute Gasteiger partial charge is 0.232 e. The average molecular weight is 376 g/mol. The number of nitrogen functional groups attached to an aromatic ring is 1. The van der Waals surface area contributed by atoms with E-state index in [4.69, 9.17) is 5.73 Å². The number of piperazine rings is 1. The van der Waals surface area contributed by atoms with Crippen molar-refractivity contribution in [3.8, 4) is 0 Å². The van der Waals surface area contributed by atoms with E-state index in [-0.39, 0.29) is 5.91 Å². The Morgan fingerprint density at radius 1 is 1.04 bits per heavy atom. The first-order valence-corrected chi connectivity index (χ1v) is 10.3. The summed E-state index contributed by atoms with van der Waals surface area (Å²) in [7, 11) is 0. The first kappa shape index (κ1) is 19.8. The van der Waals surface area contributed by atoms with Crippen LogP contribution in [-0.2, 0) is 11.2 Å². The van der Waals surface area contributed by atoms with Crippen molar-refractivity contribution >= 4 is 23.5 Å². The van der Waals surface area contributed by atoms with Gasteiger partial charge in [0.05, 0.1) is 6.42 Å². The van der Waals surface area contributed by atoms with E-state index < -0.39 is 0 Å². The maximum atomic E-state index is 12.5. The minimum Gasteiger partial charge on any atom is -0.383 e. The molecular formula is C19H33N7O. The van der Waals surface area contributed by atoms with Crippen molar-refractivity contribution in [3.63, 3.8) is 0 Å². The molecule has 0 radical (unpaired) electrons. The second-order valence-corrected chi connectivity index (χ2v) is 7.37. The van der Waals surface area contributed by atoms with Gasteiger partial charge in [0.2, 0.25) is 11.9 Å². The normalized spacial score (nSPS) is 18.1. The van der Waals surface area contributed by atoms with E-state index in [0.717, 1.165) is 70.6 Å². The third kappa shape index (κ3) is 4.87. The zero-order valence-electron chi connectivity index (χ0n) is 16.7. The molecular weight excluding hydrogens is 342 g/mol. The molecule has 2 aliphatic heterocycles. The lowest BCUT2D eigenvalue weighted by Crippen LogP contribution is -2.46. The van der Waals surface area contributed by atoms with Gasteiger partial charge < -0.3 is 20.9 Å². The summed E-state index contributed by atoms with van der Waals surface area (Å²) in [6, 6.07) is 0. The predicted molar refractivity (Wildman–Crippen MR) is 109 cm³/mol. The molecule has 8 nitrogen and oxygen atoms in total. The molecule has 1 fully saturated rings. The molecule has 3 N–H and O–H groups in total. The van der Waals surface area contributed by atoms with Crippen LogP contribution in [0, 0.1) is 0 Å². The molecule has 1 aromatic heterocycles. The van der Waals surface area contributed by atoms with Crippen LogP contribution >= 0.6 is 0 Å². The van der Waals surface area contributed by atoms with Crippen LogP contribution < -0.4 is 16.0 Å². The number of nitrogens with zero attached hydrogens (tertiary/aromatic N) is 5. The van der Waals surface area contributed by atoms with Gasteiger partial charge >= 0.3 is 0 Å². The molecule has 27 heavy (non-hydrogen) atoms. The average Bonchev–Trinajstić information content (AvgIpc) is 2.99. The van der Waals surface area contributed by atoms with Gasteiger partial charge in [-0.05, 0) is 25.9 Å². The quantitative estimate of drug-likeness (QED) is 0.627. The molecule has 3 heterocycles. The van der Waals surface area contributed by atoms with Crippen LogP contribution in [0.5, 0.6) is 0 Å². The highest BCUT2D eigenvalue weighted by atomic mass is 16.2. The van der Waals surface area contributed by atoms with Crippen molar-refractivity contribution in [2.75, 3.05) is 68.3 Å². The Morgan fingerprint density at radius 2 is 1.78 bits per heavy atom. The fourth-order valence-corrected chi connectivity index (χ4v) is 3.71. The number of hydrogen-bond acceptors (Lipinski definition) is 7. The van der Waals surface area contributed by atoms with Gasteiger partial charge in [-0.3, -0.25) is 9.69 Å². The van der Waals surface area contributed by atoms with Gasteiger partial charge in [-0.15, -0.1) is 0 Å². The molecule has 0 atom stereocenters. The van der Waals surface area contributed by atoms with Crippen molar-refractivity contribution in [1.82, 2.24) is 19.8 Å². The van der Waals surface area contributed by atoms with Crippen molar-refractivity contribution in [2.24, 2.45) is 0 Å². The molecule has 0 aromatic carbocycles. The van der Waals surface area contributed by atoms with Gasteiger partial charge in [-0.2, -0.15) is 9.97 Å². The minimum atomic E-state index is 0.0764. The van der Waals surface area contributed by atoms with Crippen molar-refractivity contribution < 1.29 is 4.79 Å². The molecule has 150 valence electrons. The third-order valence-electron chi connectivity index (χ3n) is 5.48. The maximum absolute atomic E-state index is 12.5. The molecule has 0 saturated carbocycles. The number of carbonyl (C=O) groups is 1. The van der Waals surface area contributed by atoms with Gasteiger partial charge in [0.15, 0.2) is 0 Å². The number of amides is 1. The Labute approximate surface area is 162 Å². The number of nitrogens with one attached hydrogen (secondary N) is 1. The van der Waals surface area contributed by atoms with Crippen LogP contribution in [0.3, 0.4) is 0 Å². The van der Waals surface area contributed by atoms with Crippen molar-refractivity contribution in [3.05, 3.63) is 5.56 Å². The zero-order valence-corrected chi connectivity index (χ0v) is 16.7. The lowest BCUT2D eigenvalue weighted by atomic mass is 10.2. The van der Waals surface area contributed by atoms with E-state index in [1.165, 1.54) is 0 Å². The summed E-state index contributed by atoms with van der Waals surface area (Å²) >= 11 is 0. The number of likely N-dealkylation sites (N-methyl/N-ethyl adjacent to an activating group) is 1. The van der Waals surface area contributed by atoms with Gasteiger partial charge in [-0.1, -0.05) is 20.3 Å². The molecule has 8 heteroatoms. The van der Waals surface area contributed by atoms with Crippen LogP contribution in [0.25, 0.3) is 0 Å². The van der Waals surface area contributed by atoms with Crippen molar-refractivity contribution in [1.29, 1.82) is 0 Å². The molecule has 1 aromatic rings. The Morgan fingerprint density at radius 3 is 2.48 bits per heavy atom. The molecule has 0 aliphatic carbocycles. The van der Waals surface area contributed by atoms with E-state index in [1.54, 1.807) is 4.90 Å². The molecule has 1 saturated heterocycles. The topological polar surface area (TPSA) is 90.6 Å². The number of nitrogens with two attached hydrogens (primary N) is 1. The molecule has 0 bridgehead atoms. The lowest BCUT2D eigenvalue weighted by Gasteiger charge is -2.34. The fourth-order valence-electron chi connectivity index (χ4n) is 3.71. The summed E-state index contributed by atoms with van der Waals surface area (Å²) < 4.78 is 0. The first-order chi connectivity index (χ1) is 13.1. The van der Waals surface area contributed by atoms with Crippen LogP contribution in [0.15, 0.2) is 0 Å². The Balaban J connectivity index is 1.56. The largest absolute Gasteiger partial charge is 0.383 e. The van der Waals surface area contributed by atoms with E-state index in [0.29, 0.717) is 30.5 Å². The fraction of sp³-hybridized carbons (Fsp3) is 0.737. The van der Waals surface area contributed by atoms with E-state index in [9.17, 15) is 4.79 Å². The number of rotatable bonds is 9. The highest BCUT2D eigenvalue weighted by Gasteiger charge is 2.31. The highest BCUT2D eigenvalue weighted by Crippen LogP contribution is 2.31. The second kappa shape index (κ2) is 9.32. The summed E-state index contributed by atoms with van der Waals surface area (Å²) in [5.41, 5.74) is 6.87. The molecule has 1 amide bonds. The number of anilines is 3. The number of fused-ring (bicyclic) bond motifs is 1. The first-order valence-electron chi connectivity index (χ1n) is 10.3. The highest BCUT2D eigenvalue weighted by molar-refractivity contribution is 6.01. The van der Waals surface area contributed by atoms with Crippen LogP contribution in [0.2, 0.25) is 0 Å². The monoisotopic (exact) mass is 375 g/mol. The SMILES string of the molecule is CCCCNc1nc(N)c2c(n1)N(CCCN1CCN(CC)CC1)C(=O)C2. The van der Waals surface area contributed by atoms with Crippen molar-refractivity contribution in [2.45, 2.75) is 39.5 Å². The van der Waals surface area contributed by atoms with Gasteiger partial charge in [0, 0.05) is 44.8 Å². The van der Waals surface area contributed by atoms with Gasteiger partial charge in [0.25, 0.3) is 0 Å². The minimum absolute atomic E-state index is 0.0764. The number of hydrogen-bond donors (Lipinski definition) is 2. The number of unbranched alkanes of at least 4 members (excludes halogenated alkanes) is 1. The summed E-state index contributed by atoms with van der Waals surface area (Å²) in [6.45, 7) is 12.5. The molecule has 0 spiro atoms. The maximum Gasteiger partial charge on any atom is 0.232 e. The van der Waals surface area contributed by atoms with Crippen LogP contribution in [0.4, 0.5) is 17.6 Å². The lowest BCUT2D eigenvalue weighted by molar-refractivity contribution is -0.117. The predicted octanol–water partition coefficient (Wildman–Crippen LogP) is 1.19. The Kier molecular flexibility index (Phi) is 6.84.